The first-order chi connectivity index (χ1) is 17.5. The Morgan fingerprint density at radius 3 is 1.28 bits per heavy atom. The zero-order chi connectivity index (χ0) is 25.3. The van der Waals surface area contributed by atoms with Crippen LogP contribution in [0.25, 0.3) is 0 Å². The van der Waals surface area contributed by atoms with E-state index in [0.29, 0.717) is 37.3 Å². The Hall–Kier alpha value is -2.72. The van der Waals surface area contributed by atoms with Gasteiger partial charge in [-0.2, -0.15) is 0 Å². The van der Waals surface area contributed by atoms with Gasteiger partial charge in [0, 0.05) is 44.4 Å². The lowest BCUT2D eigenvalue weighted by atomic mass is 10.1. The van der Waals surface area contributed by atoms with E-state index in [0.717, 1.165) is 18.3 Å². The molecule has 0 heterocycles. The summed E-state index contributed by atoms with van der Waals surface area (Å²) < 4.78 is 2.02. The number of rotatable bonds is 9. The predicted octanol–water partition coefficient (Wildman–Crippen LogP) is 6.88. The molecule has 0 aromatic heterocycles. The van der Waals surface area contributed by atoms with E-state index in [-0.39, 0.29) is 11.8 Å². The molecule has 4 nitrogen and oxygen atoms in total. The minimum Gasteiger partial charge on any atom is -0.333 e. The number of hydrogen-bond donors (Lipinski definition) is 0. The van der Waals surface area contributed by atoms with Crippen molar-refractivity contribution in [3.05, 3.63) is 139 Å². The molecule has 4 rings (SSSR count). The molecule has 0 N–H and O–H groups in total. The molecule has 4 aromatic rings. The summed E-state index contributed by atoms with van der Waals surface area (Å²) in [7, 11) is 0. The van der Waals surface area contributed by atoms with Crippen molar-refractivity contribution in [1.82, 2.24) is 9.80 Å². The Labute approximate surface area is 239 Å². The SMILES string of the molecule is O=C(c1cccc(I)c1)N(CCN(Cc1ccccc1)C(=O)c1cccc(I)c1)Cc1ccccc1. The van der Waals surface area contributed by atoms with Gasteiger partial charge in [0.1, 0.15) is 0 Å². The summed E-state index contributed by atoms with van der Waals surface area (Å²) in [5.41, 5.74) is 3.40. The highest BCUT2D eigenvalue weighted by Crippen LogP contribution is 2.16. The third-order valence-corrected chi connectivity index (χ3v) is 7.13. The van der Waals surface area contributed by atoms with Gasteiger partial charge in [0.25, 0.3) is 11.8 Å². The quantitative estimate of drug-likeness (QED) is 0.179. The van der Waals surface area contributed by atoms with Crippen LogP contribution in [0.4, 0.5) is 0 Å². The van der Waals surface area contributed by atoms with Crippen LogP contribution in [-0.4, -0.2) is 34.7 Å². The lowest BCUT2D eigenvalue weighted by molar-refractivity contribution is 0.0644. The maximum atomic E-state index is 13.6. The van der Waals surface area contributed by atoms with Gasteiger partial charge in [-0.15, -0.1) is 0 Å². The highest BCUT2D eigenvalue weighted by Gasteiger charge is 2.21. The van der Waals surface area contributed by atoms with E-state index in [2.05, 4.69) is 45.2 Å². The fourth-order valence-electron chi connectivity index (χ4n) is 3.96. The molecule has 0 aliphatic heterocycles. The van der Waals surface area contributed by atoms with Crippen LogP contribution in [0, 0.1) is 7.14 Å². The van der Waals surface area contributed by atoms with Gasteiger partial charge in [-0.1, -0.05) is 72.8 Å². The van der Waals surface area contributed by atoms with Gasteiger partial charge in [-0.25, -0.2) is 0 Å². The maximum absolute atomic E-state index is 13.6. The van der Waals surface area contributed by atoms with Crippen LogP contribution in [0.5, 0.6) is 0 Å². The second kappa shape index (κ2) is 13.0. The van der Waals surface area contributed by atoms with E-state index in [1.807, 2.05) is 119 Å². The van der Waals surface area contributed by atoms with Crippen LogP contribution >= 0.6 is 45.2 Å². The van der Waals surface area contributed by atoms with Crippen LogP contribution in [0.3, 0.4) is 0 Å². The molecular weight excluding hydrogens is 674 g/mol. The first-order valence-electron chi connectivity index (χ1n) is 11.7. The Bertz CT molecular complexity index is 1210. The highest BCUT2D eigenvalue weighted by molar-refractivity contribution is 14.1. The minimum atomic E-state index is -0.0428. The smallest absolute Gasteiger partial charge is 0.254 e. The largest absolute Gasteiger partial charge is 0.333 e. The number of benzene rings is 4. The summed E-state index contributed by atoms with van der Waals surface area (Å²) in [6.45, 7) is 1.78. The number of carbonyl (C=O) groups excluding carboxylic acids is 2. The molecule has 4 aromatic carbocycles. The van der Waals surface area contributed by atoms with Crippen molar-refractivity contribution in [2.75, 3.05) is 13.1 Å². The lowest BCUT2D eigenvalue weighted by Crippen LogP contribution is -2.40. The zero-order valence-electron chi connectivity index (χ0n) is 19.7. The Balaban J connectivity index is 1.59. The van der Waals surface area contributed by atoms with E-state index in [1.165, 1.54) is 0 Å². The Morgan fingerprint density at radius 1 is 0.528 bits per heavy atom. The number of amides is 2. The van der Waals surface area contributed by atoms with Crippen molar-refractivity contribution in [3.8, 4) is 0 Å². The fraction of sp³-hybridized carbons (Fsp3) is 0.133. The van der Waals surface area contributed by atoms with Crippen molar-refractivity contribution in [1.29, 1.82) is 0 Å². The molecule has 0 atom stereocenters. The first kappa shape index (κ1) is 26.3. The number of nitrogens with zero attached hydrogens (tertiary/aromatic N) is 2. The van der Waals surface area contributed by atoms with Gasteiger partial charge in [-0.05, 0) is 92.7 Å². The fourth-order valence-corrected chi connectivity index (χ4v) is 5.05. The van der Waals surface area contributed by atoms with Gasteiger partial charge in [-0.3, -0.25) is 9.59 Å². The molecule has 0 aliphatic rings. The minimum absolute atomic E-state index is 0.0428. The van der Waals surface area contributed by atoms with Crippen LogP contribution in [0.1, 0.15) is 31.8 Å². The van der Waals surface area contributed by atoms with Crippen molar-refractivity contribution in [2.24, 2.45) is 0 Å². The summed E-state index contributed by atoms with van der Waals surface area (Å²) in [4.78, 5) is 30.8. The van der Waals surface area contributed by atoms with Crippen LogP contribution in [0.2, 0.25) is 0 Å². The predicted molar refractivity (Wildman–Crippen MR) is 161 cm³/mol. The van der Waals surface area contributed by atoms with Crippen molar-refractivity contribution in [2.45, 2.75) is 13.1 Å². The van der Waals surface area contributed by atoms with E-state index in [9.17, 15) is 9.59 Å². The van der Waals surface area contributed by atoms with Gasteiger partial charge in [0.2, 0.25) is 0 Å². The Morgan fingerprint density at radius 2 is 0.917 bits per heavy atom. The average Bonchev–Trinajstić information content (AvgIpc) is 2.90. The molecule has 0 aliphatic carbocycles. The van der Waals surface area contributed by atoms with E-state index in [4.69, 9.17) is 0 Å². The molecule has 0 radical (unpaired) electrons. The molecule has 36 heavy (non-hydrogen) atoms. The third kappa shape index (κ3) is 7.39. The third-order valence-electron chi connectivity index (χ3n) is 5.79. The van der Waals surface area contributed by atoms with E-state index < -0.39 is 0 Å². The number of hydrogen-bond acceptors (Lipinski definition) is 2. The van der Waals surface area contributed by atoms with Gasteiger partial charge in [0.05, 0.1) is 0 Å². The van der Waals surface area contributed by atoms with Crippen molar-refractivity contribution < 1.29 is 9.59 Å². The second-order valence-corrected chi connectivity index (χ2v) is 10.9. The molecule has 2 amide bonds. The van der Waals surface area contributed by atoms with Gasteiger partial charge < -0.3 is 9.80 Å². The summed E-state index contributed by atoms with van der Waals surface area (Å²) in [6, 6.07) is 35.2. The zero-order valence-corrected chi connectivity index (χ0v) is 24.0. The summed E-state index contributed by atoms with van der Waals surface area (Å²) in [6.07, 6.45) is 0. The summed E-state index contributed by atoms with van der Waals surface area (Å²) in [5, 5.41) is 0. The van der Waals surface area contributed by atoms with Crippen LogP contribution in [0.15, 0.2) is 109 Å². The molecule has 0 saturated carbocycles. The highest BCUT2D eigenvalue weighted by atomic mass is 127. The second-order valence-electron chi connectivity index (χ2n) is 8.45. The molecular formula is C30H26I2N2O2. The molecule has 0 spiro atoms. The standard InChI is InChI=1S/C30H26I2N2O2/c31-27-15-7-13-25(19-27)29(35)33(21-23-9-3-1-4-10-23)17-18-34(22-24-11-5-2-6-12-24)30(36)26-14-8-16-28(32)20-26/h1-16,19-20H,17-18,21-22H2. The molecule has 0 bridgehead atoms. The monoisotopic (exact) mass is 700 g/mol. The molecule has 0 saturated heterocycles. The lowest BCUT2D eigenvalue weighted by Gasteiger charge is -2.29. The molecule has 6 heteroatoms. The van der Waals surface area contributed by atoms with Gasteiger partial charge in [0.15, 0.2) is 0 Å². The number of halogens is 2. The molecule has 182 valence electrons. The average molecular weight is 700 g/mol. The Kier molecular flexibility index (Phi) is 9.52. The molecule has 0 fully saturated rings. The van der Waals surface area contributed by atoms with E-state index >= 15 is 0 Å². The van der Waals surface area contributed by atoms with Crippen LogP contribution in [-0.2, 0) is 13.1 Å². The van der Waals surface area contributed by atoms with Crippen molar-refractivity contribution in [3.63, 3.8) is 0 Å². The summed E-state index contributed by atoms with van der Waals surface area (Å²) >= 11 is 4.45. The normalized spacial score (nSPS) is 10.6. The van der Waals surface area contributed by atoms with E-state index in [1.54, 1.807) is 0 Å². The topological polar surface area (TPSA) is 40.6 Å². The first-order valence-corrected chi connectivity index (χ1v) is 13.8. The summed E-state index contributed by atoms with van der Waals surface area (Å²) in [5.74, 6) is -0.0857. The molecule has 0 unspecified atom stereocenters. The number of carbonyl (C=O) groups is 2. The van der Waals surface area contributed by atoms with Crippen LogP contribution < -0.4 is 0 Å². The maximum Gasteiger partial charge on any atom is 0.254 e. The van der Waals surface area contributed by atoms with Gasteiger partial charge >= 0.3 is 0 Å². The van der Waals surface area contributed by atoms with Crippen molar-refractivity contribution >= 4 is 57.0 Å².